The number of carbonyl (C=O) groups is 1. The van der Waals surface area contributed by atoms with Crippen LogP contribution in [0.4, 0.5) is 11.5 Å². The lowest BCUT2D eigenvalue weighted by Gasteiger charge is -2.13. The minimum Gasteiger partial charge on any atom is -0.306 e. The number of fused-ring (bicyclic) bond motifs is 1. The second-order valence-electron chi connectivity index (χ2n) is 7.27. The zero-order chi connectivity index (χ0) is 21.6. The summed E-state index contributed by atoms with van der Waals surface area (Å²) in [5.41, 5.74) is 3.67. The lowest BCUT2D eigenvalue weighted by molar-refractivity contribution is -0.384. The molecular weight excluding hydrogens is 408 g/mol. The van der Waals surface area contributed by atoms with Gasteiger partial charge in [0.2, 0.25) is 0 Å². The van der Waals surface area contributed by atoms with E-state index in [1.54, 1.807) is 4.68 Å². The Morgan fingerprint density at radius 1 is 1.13 bits per heavy atom. The number of carbonyl (C=O) groups excluding carboxylic acids is 1. The van der Waals surface area contributed by atoms with E-state index >= 15 is 0 Å². The first-order chi connectivity index (χ1) is 14.1. The van der Waals surface area contributed by atoms with E-state index in [0.29, 0.717) is 17.1 Å². The number of nitro benzene ring substituents is 1. The molecule has 0 bridgehead atoms. The highest BCUT2D eigenvalue weighted by atomic mass is 32.2. The number of aryl methyl sites for hydroxylation is 2. The van der Waals surface area contributed by atoms with Gasteiger partial charge < -0.3 is 5.32 Å². The van der Waals surface area contributed by atoms with E-state index in [-0.39, 0.29) is 22.8 Å². The molecule has 9 nitrogen and oxygen atoms in total. The molecule has 2 aromatic carbocycles. The molecule has 10 heteroatoms. The van der Waals surface area contributed by atoms with Crippen molar-refractivity contribution in [2.24, 2.45) is 0 Å². The zero-order valence-electron chi connectivity index (χ0n) is 16.2. The van der Waals surface area contributed by atoms with E-state index in [0.717, 1.165) is 16.8 Å². The fourth-order valence-electron chi connectivity index (χ4n) is 3.50. The van der Waals surface area contributed by atoms with Crippen molar-refractivity contribution in [2.45, 2.75) is 25.4 Å². The van der Waals surface area contributed by atoms with Gasteiger partial charge in [-0.2, -0.15) is 5.10 Å². The predicted octanol–water partition coefficient (Wildman–Crippen LogP) is 3.08. The van der Waals surface area contributed by atoms with E-state index in [4.69, 9.17) is 0 Å². The molecule has 154 valence electrons. The molecule has 0 radical (unpaired) electrons. The summed E-state index contributed by atoms with van der Waals surface area (Å²) in [6.45, 7) is 3.87. The number of nitrogens with one attached hydrogen (secondary N) is 1. The molecule has 3 aromatic rings. The van der Waals surface area contributed by atoms with Crippen LogP contribution in [-0.2, 0) is 21.3 Å². The first-order valence-corrected chi connectivity index (χ1v) is 10.9. The molecular formula is C20H18N4O5S. The van der Waals surface area contributed by atoms with Gasteiger partial charge in [-0.15, -0.1) is 0 Å². The number of hydrogen-bond acceptors (Lipinski definition) is 6. The highest BCUT2D eigenvalue weighted by Crippen LogP contribution is 2.34. The normalized spacial score (nSPS) is 14.3. The smallest absolute Gasteiger partial charge is 0.269 e. The van der Waals surface area contributed by atoms with Crippen molar-refractivity contribution < 1.29 is 18.1 Å². The molecule has 30 heavy (non-hydrogen) atoms. The van der Waals surface area contributed by atoms with Crippen LogP contribution >= 0.6 is 0 Å². The van der Waals surface area contributed by atoms with Crippen molar-refractivity contribution in [1.29, 1.82) is 0 Å². The quantitative estimate of drug-likeness (QED) is 0.505. The first kappa shape index (κ1) is 19.8. The Labute approximate surface area is 172 Å². The maximum absolute atomic E-state index is 12.8. The van der Waals surface area contributed by atoms with Gasteiger partial charge in [0.15, 0.2) is 9.84 Å². The molecule has 0 fully saturated rings. The molecule has 0 aliphatic carbocycles. The molecule has 1 N–H and O–H groups in total. The van der Waals surface area contributed by atoms with Crippen LogP contribution in [0, 0.1) is 24.0 Å². The second-order valence-corrected chi connectivity index (χ2v) is 9.33. The topological polar surface area (TPSA) is 124 Å². The number of nitrogens with zero attached hydrogens (tertiary/aromatic N) is 3. The standard InChI is InChI=1S/C20H18N4O5S/c1-12-3-8-18(13(2)9-12)23-19(16-10-30(28,29)11-17(16)22-23)21-20(25)14-4-6-15(7-5-14)24(26)27/h3-9H,10-11H2,1-2H3,(H,21,25). The number of rotatable bonds is 4. The average molecular weight is 426 g/mol. The summed E-state index contributed by atoms with van der Waals surface area (Å²) in [4.78, 5) is 23.1. The Balaban J connectivity index is 1.76. The van der Waals surface area contributed by atoms with Crippen LogP contribution in [0.2, 0.25) is 0 Å². The number of nitro groups is 1. The largest absolute Gasteiger partial charge is 0.306 e. The Bertz CT molecular complexity index is 1290. The number of hydrogen-bond donors (Lipinski definition) is 1. The third-order valence-electron chi connectivity index (χ3n) is 4.94. The van der Waals surface area contributed by atoms with Crippen molar-refractivity contribution >= 4 is 27.2 Å². The Hall–Kier alpha value is -3.53. The molecule has 0 saturated carbocycles. The van der Waals surface area contributed by atoms with Crippen LogP contribution in [-0.4, -0.2) is 29.0 Å². The van der Waals surface area contributed by atoms with Gasteiger partial charge in [0.1, 0.15) is 5.82 Å². The minimum atomic E-state index is -3.32. The minimum absolute atomic E-state index is 0.126. The van der Waals surface area contributed by atoms with Gasteiger partial charge in [-0.3, -0.25) is 14.9 Å². The molecule has 1 aliphatic rings. The van der Waals surface area contributed by atoms with E-state index in [1.807, 2.05) is 32.0 Å². The van der Waals surface area contributed by atoms with Crippen LogP contribution < -0.4 is 5.32 Å². The predicted molar refractivity (Wildman–Crippen MR) is 110 cm³/mol. The van der Waals surface area contributed by atoms with Crippen molar-refractivity contribution in [3.8, 4) is 5.69 Å². The van der Waals surface area contributed by atoms with Crippen molar-refractivity contribution in [3.63, 3.8) is 0 Å². The van der Waals surface area contributed by atoms with Crippen LogP contribution in [0.15, 0.2) is 42.5 Å². The molecule has 0 atom stereocenters. The SMILES string of the molecule is Cc1ccc(-n2nc3c(c2NC(=O)c2ccc([N+](=O)[O-])cc2)CS(=O)(=O)C3)c(C)c1. The number of aromatic nitrogens is 2. The number of sulfone groups is 1. The summed E-state index contributed by atoms with van der Waals surface area (Å²) in [7, 11) is -3.32. The van der Waals surface area contributed by atoms with Gasteiger partial charge in [0.25, 0.3) is 11.6 Å². The van der Waals surface area contributed by atoms with Gasteiger partial charge in [0.05, 0.1) is 27.8 Å². The van der Waals surface area contributed by atoms with E-state index in [1.165, 1.54) is 24.3 Å². The molecule has 2 heterocycles. The third kappa shape index (κ3) is 3.57. The van der Waals surface area contributed by atoms with Crippen LogP contribution in [0.3, 0.4) is 0 Å². The van der Waals surface area contributed by atoms with Gasteiger partial charge in [-0.25, -0.2) is 13.1 Å². The monoisotopic (exact) mass is 426 g/mol. The summed E-state index contributed by atoms with van der Waals surface area (Å²) >= 11 is 0. The zero-order valence-corrected chi connectivity index (χ0v) is 17.1. The molecule has 0 spiro atoms. The molecule has 1 aromatic heterocycles. The highest BCUT2D eigenvalue weighted by Gasteiger charge is 2.33. The third-order valence-corrected chi connectivity index (χ3v) is 6.38. The molecule has 1 amide bonds. The summed E-state index contributed by atoms with van der Waals surface area (Å²) in [6, 6.07) is 10.9. The Kier molecular flexibility index (Phi) is 4.65. The molecule has 4 rings (SSSR count). The fraction of sp³-hybridized carbons (Fsp3) is 0.200. The summed E-state index contributed by atoms with van der Waals surface area (Å²) in [5, 5.41) is 18.0. The van der Waals surface area contributed by atoms with Crippen LogP contribution in [0.5, 0.6) is 0 Å². The average Bonchev–Trinajstić information content (AvgIpc) is 3.14. The van der Waals surface area contributed by atoms with E-state index < -0.39 is 20.7 Å². The first-order valence-electron chi connectivity index (χ1n) is 9.09. The van der Waals surface area contributed by atoms with Crippen molar-refractivity contribution in [3.05, 3.63) is 80.5 Å². The van der Waals surface area contributed by atoms with Crippen LogP contribution in [0.1, 0.15) is 32.7 Å². The summed E-state index contributed by atoms with van der Waals surface area (Å²) in [5.74, 6) is -0.603. The molecule has 1 aliphatic heterocycles. The second kappa shape index (κ2) is 7.06. The van der Waals surface area contributed by atoms with E-state index in [2.05, 4.69) is 10.4 Å². The van der Waals surface area contributed by atoms with Gasteiger partial charge in [-0.1, -0.05) is 17.7 Å². The lowest BCUT2D eigenvalue weighted by Crippen LogP contribution is -2.17. The summed E-state index contributed by atoms with van der Waals surface area (Å²) < 4.78 is 25.7. The van der Waals surface area contributed by atoms with Crippen molar-refractivity contribution in [1.82, 2.24) is 9.78 Å². The number of anilines is 1. The maximum atomic E-state index is 12.8. The number of amides is 1. The van der Waals surface area contributed by atoms with Crippen molar-refractivity contribution in [2.75, 3.05) is 5.32 Å². The number of non-ortho nitro benzene ring substituents is 1. The van der Waals surface area contributed by atoms with Gasteiger partial charge in [-0.05, 0) is 37.6 Å². The van der Waals surface area contributed by atoms with Crippen LogP contribution in [0.25, 0.3) is 5.69 Å². The summed E-state index contributed by atoms with van der Waals surface area (Å²) in [6.07, 6.45) is 0. The maximum Gasteiger partial charge on any atom is 0.269 e. The molecule has 0 unspecified atom stereocenters. The highest BCUT2D eigenvalue weighted by molar-refractivity contribution is 7.90. The lowest BCUT2D eigenvalue weighted by atomic mass is 10.1. The Morgan fingerprint density at radius 2 is 1.83 bits per heavy atom. The van der Waals surface area contributed by atoms with E-state index in [9.17, 15) is 23.3 Å². The number of benzene rings is 2. The molecule has 0 saturated heterocycles. The van der Waals surface area contributed by atoms with Gasteiger partial charge in [0, 0.05) is 23.3 Å². The fourth-order valence-corrected chi connectivity index (χ4v) is 5.00. The van der Waals surface area contributed by atoms with Gasteiger partial charge >= 0.3 is 0 Å². The Morgan fingerprint density at radius 3 is 2.47 bits per heavy atom.